The Morgan fingerprint density at radius 2 is 2.17 bits per heavy atom. The van der Waals surface area contributed by atoms with E-state index in [1.807, 2.05) is 0 Å². The van der Waals surface area contributed by atoms with Gasteiger partial charge in [-0.05, 0) is 25.3 Å². The molecule has 0 amide bonds. The summed E-state index contributed by atoms with van der Waals surface area (Å²) in [6.45, 7) is 4.75. The van der Waals surface area contributed by atoms with Crippen LogP contribution in [0.4, 0.5) is 0 Å². The largest absolute Gasteiger partial charge is 1.00 e. The summed E-state index contributed by atoms with van der Waals surface area (Å²) in [4.78, 5) is 0. The zero-order chi connectivity index (χ0) is 6.97. The smallest absolute Gasteiger partial charge is 1.00 e. The van der Waals surface area contributed by atoms with Gasteiger partial charge in [0.2, 0.25) is 0 Å². The van der Waals surface area contributed by atoms with Crippen LogP contribution in [0.2, 0.25) is 0 Å². The van der Waals surface area contributed by atoms with Crippen molar-refractivity contribution in [3.05, 3.63) is 0 Å². The molecule has 12 heavy (non-hydrogen) atoms. The maximum absolute atomic E-state index is 3.64. The van der Waals surface area contributed by atoms with E-state index in [4.69, 9.17) is 0 Å². The van der Waals surface area contributed by atoms with E-state index < -0.39 is 0 Å². The molecule has 0 aromatic carbocycles. The fraction of sp³-hybridized carbons (Fsp3) is 1.00. The molecule has 2 rings (SSSR count). The van der Waals surface area contributed by atoms with Crippen molar-refractivity contribution >= 4 is 17.4 Å². The molecule has 2 heterocycles. The number of fused-ring (bicyclic) bond motifs is 2. The van der Waals surface area contributed by atoms with Crippen molar-refractivity contribution in [1.29, 1.82) is 0 Å². The van der Waals surface area contributed by atoms with Gasteiger partial charge in [-0.2, -0.15) is 0 Å². The van der Waals surface area contributed by atoms with E-state index in [1.54, 1.807) is 0 Å². The first kappa shape index (κ1) is 13.0. The maximum atomic E-state index is 3.64. The van der Waals surface area contributed by atoms with E-state index >= 15 is 0 Å². The summed E-state index contributed by atoms with van der Waals surface area (Å²) in [6.07, 6.45) is 2.69. The SMILES string of the molecule is CC1CC2CNCCC1N2.[AlH3].[H-].[Li+]. The Kier molecular flexibility index (Phi) is 6.21. The van der Waals surface area contributed by atoms with Gasteiger partial charge in [0.1, 0.15) is 0 Å². The molecular weight excluding hydrogens is 158 g/mol. The summed E-state index contributed by atoms with van der Waals surface area (Å²) in [7, 11) is 0. The topological polar surface area (TPSA) is 24.1 Å². The molecule has 2 saturated heterocycles. The predicted octanol–water partition coefficient (Wildman–Crippen LogP) is -3.72. The van der Waals surface area contributed by atoms with Gasteiger partial charge >= 0.3 is 18.9 Å². The molecule has 4 heteroatoms. The molecule has 2 nitrogen and oxygen atoms in total. The van der Waals surface area contributed by atoms with Gasteiger partial charge in [-0.3, -0.25) is 0 Å². The number of rotatable bonds is 0. The van der Waals surface area contributed by atoms with Crippen LogP contribution in [0.1, 0.15) is 21.2 Å². The maximum Gasteiger partial charge on any atom is 1.00 e. The van der Waals surface area contributed by atoms with Crippen molar-refractivity contribution in [2.45, 2.75) is 31.8 Å². The van der Waals surface area contributed by atoms with Gasteiger partial charge in [-0.1, -0.05) is 6.92 Å². The molecular formula is C8H20AlLiN2. The standard InChI is InChI=1S/C8H16N2.Al.Li.4H/c1-6-4-7-5-9-3-2-8(6)10-7;;;;;;/h6-10H,2-5H2,1H3;;;;;;/q;;+1;;;;-1. The molecule has 3 atom stereocenters. The Labute approximate surface area is 99.0 Å². The molecule has 3 unspecified atom stereocenters. The second-order valence-electron chi connectivity index (χ2n) is 3.68. The molecule has 0 aromatic heterocycles. The van der Waals surface area contributed by atoms with Gasteiger partial charge in [0.15, 0.2) is 17.4 Å². The summed E-state index contributed by atoms with van der Waals surface area (Å²) < 4.78 is 0. The number of hydrogen-bond donors (Lipinski definition) is 2. The van der Waals surface area contributed by atoms with Crippen LogP contribution in [-0.2, 0) is 0 Å². The summed E-state index contributed by atoms with van der Waals surface area (Å²) in [5.41, 5.74) is 0. The van der Waals surface area contributed by atoms with Gasteiger partial charge in [0.05, 0.1) is 0 Å². The molecule has 0 aliphatic carbocycles. The molecule has 0 aromatic rings. The summed E-state index contributed by atoms with van der Waals surface area (Å²) in [6, 6.07) is 1.57. The quantitative estimate of drug-likeness (QED) is 0.373. The van der Waals surface area contributed by atoms with Crippen LogP contribution < -0.4 is 29.5 Å². The monoisotopic (exact) mass is 178 g/mol. The van der Waals surface area contributed by atoms with Crippen LogP contribution in [0.5, 0.6) is 0 Å². The molecule has 0 radical (unpaired) electrons. The van der Waals surface area contributed by atoms with Crippen molar-refractivity contribution in [2.75, 3.05) is 13.1 Å². The molecule has 66 valence electrons. The first-order chi connectivity index (χ1) is 4.86. The van der Waals surface area contributed by atoms with E-state index in [2.05, 4.69) is 17.6 Å². The molecule has 2 N–H and O–H groups in total. The Morgan fingerprint density at radius 1 is 1.42 bits per heavy atom. The van der Waals surface area contributed by atoms with Crippen LogP contribution in [0.15, 0.2) is 0 Å². The third-order valence-corrected chi connectivity index (χ3v) is 2.82. The van der Waals surface area contributed by atoms with Crippen LogP contribution in [0, 0.1) is 5.92 Å². The Hall–Kier alpha value is 1.05. The van der Waals surface area contributed by atoms with Crippen LogP contribution in [0.25, 0.3) is 0 Å². The Morgan fingerprint density at radius 3 is 2.92 bits per heavy atom. The van der Waals surface area contributed by atoms with Gasteiger partial charge in [0, 0.05) is 18.6 Å². The van der Waals surface area contributed by atoms with Gasteiger partial charge < -0.3 is 12.1 Å². The fourth-order valence-corrected chi connectivity index (χ4v) is 2.19. The summed E-state index contributed by atoms with van der Waals surface area (Å²) >= 11 is 0. The van der Waals surface area contributed by atoms with Crippen molar-refractivity contribution < 1.29 is 20.3 Å². The third-order valence-electron chi connectivity index (χ3n) is 2.82. The van der Waals surface area contributed by atoms with Gasteiger partial charge in [0.25, 0.3) is 0 Å². The fourth-order valence-electron chi connectivity index (χ4n) is 2.19. The normalized spacial score (nSPS) is 39.2. The van der Waals surface area contributed by atoms with E-state index in [0.29, 0.717) is 0 Å². The average Bonchev–Trinajstić information content (AvgIpc) is 2.18. The van der Waals surface area contributed by atoms with E-state index in [1.165, 1.54) is 25.9 Å². The third kappa shape index (κ3) is 2.78. The van der Waals surface area contributed by atoms with Crippen LogP contribution in [0.3, 0.4) is 0 Å². The molecule has 2 aliphatic heterocycles. The van der Waals surface area contributed by atoms with E-state index in [0.717, 1.165) is 18.0 Å². The number of hydrogen-bond acceptors (Lipinski definition) is 2. The molecule has 0 spiro atoms. The molecule has 0 saturated carbocycles. The minimum Gasteiger partial charge on any atom is -1.00 e. The predicted molar refractivity (Wildman–Crippen MR) is 53.0 cm³/mol. The zero-order valence-corrected chi connectivity index (χ0v) is 7.56. The van der Waals surface area contributed by atoms with Crippen molar-refractivity contribution in [3.63, 3.8) is 0 Å². The summed E-state index contributed by atoms with van der Waals surface area (Å²) in [5, 5.41) is 7.08. The Bertz CT molecular complexity index is 139. The zero-order valence-electron chi connectivity index (χ0n) is 8.56. The van der Waals surface area contributed by atoms with Crippen molar-refractivity contribution in [2.24, 2.45) is 5.92 Å². The van der Waals surface area contributed by atoms with Crippen LogP contribution in [-0.4, -0.2) is 42.5 Å². The first-order valence-electron chi connectivity index (χ1n) is 4.33. The molecule has 2 aliphatic rings. The second kappa shape index (κ2) is 5.71. The minimum absolute atomic E-state index is 0. The average molecular weight is 178 g/mol. The first-order valence-corrected chi connectivity index (χ1v) is 4.33. The van der Waals surface area contributed by atoms with Crippen molar-refractivity contribution in [3.8, 4) is 0 Å². The number of nitrogens with one attached hydrogen (secondary N) is 2. The van der Waals surface area contributed by atoms with Crippen LogP contribution >= 0.6 is 0 Å². The Balaban J connectivity index is 0. The van der Waals surface area contributed by atoms with Gasteiger partial charge in [-0.25, -0.2) is 0 Å². The van der Waals surface area contributed by atoms with Gasteiger partial charge in [-0.15, -0.1) is 0 Å². The van der Waals surface area contributed by atoms with E-state index in [-0.39, 0.29) is 37.6 Å². The summed E-state index contributed by atoms with van der Waals surface area (Å²) in [5.74, 6) is 0.909. The molecule has 2 bridgehead atoms. The minimum atomic E-state index is 0. The van der Waals surface area contributed by atoms with E-state index in [9.17, 15) is 0 Å². The molecule has 2 fully saturated rings. The second-order valence-corrected chi connectivity index (χ2v) is 3.68. The van der Waals surface area contributed by atoms with Crippen molar-refractivity contribution in [1.82, 2.24) is 10.6 Å².